The zero-order valence-corrected chi connectivity index (χ0v) is 6.16. The first-order valence-electron chi connectivity index (χ1n) is 3.04. The van der Waals surface area contributed by atoms with Crippen molar-refractivity contribution in [2.75, 3.05) is 6.16 Å². The Morgan fingerprint density at radius 3 is 3.00 bits per heavy atom. The minimum Gasteiger partial charge on any atom is -0.289 e. The summed E-state index contributed by atoms with van der Waals surface area (Å²) in [4.78, 5) is 10.9. The van der Waals surface area contributed by atoms with Crippen molar-refractivity contribution in [1.82, 2.24) is 0 Å². The maximum absolute atomic E-state index is 10.9. The van der Waals surface area contributed by atoms with Crippen LogP contribution in [0.4, 0.5) is 0 Å². The quantitative estimate of drug-likeness (QED) is 0.421. The van der Waals surface area contributed by atoms with E-state index in [-0.39, 0.29) is 5.78 Å². The lowest BCUT2D eigenvalue weighted by Crippen LogP contribution is -2.04. The Bertz CT molecular complexity index is 170. The monoisotopic (exact) mass is 140 g/mol. The van der Waals surface area contributed by atoms with E-state index < -0.39 is 0 Å². The van der Waals surface area contributed by atoms with E-state index in [1.165, 1.54) is 20.7 Å². The Morgan fingerprint density at radius 2 is 2.56 bits per heavy atom. The SMILES string of the molecule is C=CC(=O)C1=PCCC1. The third kappa shape index (κ3) is 1.49. The van der Waals surface area contributed by atoms with Crippen LogP contribution in [0.2, 0.25) is 0 Å². The molecule has 0 radical (unpaired) electrons. The molecule has 9 heavy (non-hydrogen) atoms. The number of carbonyl (C=O) groups excluding carboxylic acids is 1. The highest BCUT2D eigenvalue weighted by Crippen LogP contribution is 2.17. The molecule has 0 bridgehead atoms. The first-order chi connectivity index (χ1) is 4.34. The third-order valence-corrected chi connectivity index (χ3v) is 2.71. The minimum atomic E-state index is 0.147. The molecule has 2 heteroatoms. The Balaban J connectivity index is 2.61. The van der Waals surface area contributed by atoms with Crippen molar-refractivity contribution in [3.63, 3.8) is 0 Å². The van der Waals surface area contributed by atoms with E-state index in [0.29, 0.717) is 0 Å². The highest BCUT2D eigenvalue weighted by Gasteiger charge is 2.09. The molecule has 1 nitrogen and oxygen atoms in total. The molecule has 1 aliphatic rings. The van der Waals surface area contributed by atoms with E-state index >= 15 is 0 Å². The summed E-state index contributed by atoms with van der Waals surface area (Å²) in [5.74, 6) is 0.147. The van der Waals surface area contributed by atoms with Gasteiger partial charge in [-0.25, -0.2) is 0 Å². The largest absolute Gasteiger partial charge is 0.289 e. The lowest BCUT2D eigenvalue weighted by molar-refractivity contribution is -0.108. The van der Waals surface area contributed by atoms with Crippen molar-refractivity contribution in [3.05, 3.63) is 12.7 Å². The van der Waals surface area contributed by atoms with Gasteiger partial charge in [0.1, 0.15) is 0 Å². The van der Waals surface area contributed by atoms with Gasteiger partial charge in [-0.15, -0.1) is 0 Å². The first-order valence-corrected chi connectivity index (χ1v) is 4.12. The highest BCUT2D eigenvalue weighted by atomic mass is 31.1. The summed E-state index contributed by atoms with van der Waals surface area (Å²) in [6.45, 7) is 3.43. The molecular weight excluding hydrogens is 131 g/mol. The van der Waals surface area contributed by atoms with Crippen molar-refractivity contribution < 1.29 is 4.79 Å². The smallest absolute Gasteiger partial charge is 0.185 e. The predicted molar refractivity (Wildman–Crippen MR) is 41.2 cm³/mol. The van der Waals surface area contributed by atoms with Crippen LogP contribution in [0.25, 0.3) is 0 Å². The summed E-state index contributed by atoms with van der Waals surface area (Å²) in [7, 11) is 1.23. The zero-order valence-electron chi connectivity index (χ0n) is 5.26. The standard InChI is InChI=1S/C7H9OP/c1-2-6(8)7-4-3-5-9-7/h2H,1,3-5H2. The maximum atomic E-state index is 10.9. The lowest BCUT2D eigenvalue weighted by Gasteiger charge is -1.89. The average Bonchev–Trinajstić information content (AvgIpc) is 2.37. The van der Waals surface area contributed by atoms with Crippen molar-refractivity contribution in [3.8, 4) is 0 Å². The zero-order chi connectivity index (χ0) is 6.69. The van der Waals surface area contributed by atoms with Gasteiger partial charge < -0.3 is 0 Å². The number of hydrogen-bond donors (Lipinski definition) is 0. The van der Waals surface area contributed by atoms with Crippen LogP contribution in [0.15, 0.2) is 12.7 Å². The minimum absolute atomic E-state index is 0.147. The summed E-state index contributed by atoms with van der Waals surface area (Å²) >= 11 is 0. The molecule has 0 aromatic carbocycles. The molecule has 48 valence electrons. The molecule has 0 spiro atoms. The maximum Gasteiger partial charge on any atom is 0.185 e. The highest BCUT2D eigenvalue weighted by molar-refractivity contribution is 7.44. The van der Waals surface area contributed by atoms with Crippen LogP contribution in [0.5, 0.6) is 0 Å². The van der Waals surface area contributed by atoms with Gasteiger partial charge in [0, 0.05) is 5.29 Å². The van der Waals surface area contributed by atoms with Gasteiger partial charge in [0.15, 0.2) is 5.78 Å². The molecule has 0 amide bonds. The molecule has 0 aromatic rings. The van der Waals surface area contributed by atoms with E-state index in [4.69, 9.17) is 0 Å². The molecular formula is C7H9OP. The first kappa shape index (κ1) is 6.70. The van der Waals surface area contributed by atoms with E-state index in [1.54, 1.807) is 0 Å². The van der Waals surface area contributed by atoms with Crippen LogP contribution in [0.3, 0.4) is 0 Å². The summed E-state index contributed by atoms with van der Waals surface area (Å²) in [6, 6.07) is 0. The van der Waals surface area contributed by atoms with Crippen molar-refractivity contribution in [1.29, 1.82) is 0 Å². The van der Waals surface area contributed by atoms with Gasteiger partial charge >= 0.3 is 0 Å². The fourth-order valence-electron chi connectivity index (χ4n) is 0.859. The van der Waals surface area contributed by atoms with Gasteiger partial charge in [-0.05, 0) is 25.1 Å². The number of hydrogen-bond acceptors (Lipinski definition) is 1. The topological polar surface area (TPSA) is 17.1 Å². The van der Waals surface area contributed by atoms with E-state index in [2.05, 4.69) is 6.58 Å². The summed E-state index contributed by atoms with van der Waals surface area (Å²) < 4.78 is 0. The molecule has 0 saturated heterocycles. The summed E-state index contributed by atoms with van der Waals surface area (Å²) in [5, 5.41) is 1.05. The van der Waals surface area contributed by atoms with E-state index in [1.807, 2.05) is 0 Å². The number of allylic oxidation sites excluding steroid dienone is 1. The second-order valence-electron chi connectivity index (χ2n) is 2.00. The third-order valence-electron chi connectivity index (χ3n) is 1.34. The van der Waals surface area contributed by atoms with Crippen LogP contribution in [0, 0.1) is 0 Å². The number of carbonyl (C=O) groups is 1. The predicted octanol–water partition coefficient (Wildman–Crippen LogP) is 1.65. The second kappa shape index (κ2) is 2.93. The molecule has 0 unspecified atom stereocenters. The molecule has 0 aromatic heterocycles. The van der Waals surface area contributed by atoms with Gasteiger partial charge in [-0.1, -0.05) is 14.8 Å². The van der Waals surface area contributed by atoms with Crippen LogP contribution in [0.1, 0.15) is 12.8 Å². The number of ketones is 1. The normalized spacial score (nSPS) is 18.9. The fraction of sp³-hybridized carbons (Fsp3) is 0.429. The van der Waals surface area contributed by atoms with Crippen LogP contribution in [-0.4, -0.2) is 17.2 Å². The van der Waals surface area contributed by atoms with Crippen molar-refractivity contribution >= 4 is 19.3 Å². The Labute approximate surface area is 56.6 Å². The van der Waals surface area contributed by atoms with Gasteiger partial charge in [0.2, 0.25) is 0 Å². The summed E-state index contributed by atoms with van der Waals surface area (Å²) in [6.07, 6.45) is 4.74. The molecule has 1 rings (SSSR count). The Morgan fingerprint density at radius 1 is 1.78 bits per heavy atom. The van der Waals surface area contributed by atoms with Gasteiger partial charge in [-0.3, -0.25) is 4.79 Å². The molecule has 0 aliphatic carbocycles. The molecule has 0 atom stereocenters. The molecule has 0 fully saturated rings. The van der Waals surface area contributed by atoms with E-state index in [9.17, 15) is 4.79 Å². The number of rotatable bonds is 2. The summed E-state index contributed by atoms with van der Waals surface area (Å²) in [5.41, 5.74) is 0. The molecule has 0 N–H and O–H groups in total. The van der Waals surface area contributed by atoms with Crippen LogP contribution in [-0.2, 0) is 4.79 Å². The average molecular weight is 140 g/mol. The van der Waals surface area contributed by atoms with Crippen LogP contribution >= 0.6 is 8.20 Å². The molecule has 1 aliphatic heterocycles. The second-order valence-corrected chi connectivity index (χ2v) is 3.30. The van der Waals surface area contributed by atoms with Gasteiger partial charge in [0.05, 0.1) is 0 Å². The van der Waals surface area contributed by atoms with Gasteiger partial charge in [0.25, 0.3) is 0 Å². The lowest BCUT2D eigenvalue weighted by atomic mass is 10.2. The Hall–Kier alpha value is -0.420. The van der Waals surface area contributed by atoms with Gasteiger partial charge in [-0.2, -0.15) is 0 Å². The fourth-order valence-corrected chi connectivity index (χ4v) is 2.01. The molecule has 1 heterocycles. The van der Waals surface area contributed by atoms with Crippen molar-refractivity contribution in [2.45, 2.75) is 12.8 Å². The Kier molecular flexibility index (Phi) is 2.18. The molecule has 0 saturated carbocycles. The van der Waals surface area contributed by atoms with E-state index in [0.717, 1.165) is 17.9 Å². The van der Waals surface area contributed by atoms with Crippen LogP contribution < -0.4 is 0 Å². The van der Waals surface area contributed by atoms with Crippen molar-refractivity contribution in [2.24, 2.45) is 0 Å².